The molecule has 2 rings (SSSR count). The first-order valence-electron chi connectivity index (χ1n) is 8.88. The van der Waals surface area contributed by atoms with Gasteiger partial charge in [0.2, 0.25) is 0 Å². The fourth-order valence-electron chi connectivity index (χ4n) is 2.53. The number of aryl methyl sites for hydroxylation is 2. The van der Waals surface area contributed by atoms with Crippen molar-refractivity contribution in [1.82, 2.24) is 0 Å². The molecule has 1 atom stereocenters. The van der Waals surface area contributed by atoms with Gasteiger partial charge in [0.25, 0.3) is 5.91 Å². The third-order valence-electron chi connectivity index (χ3n) is 4.10. The van der Waals surface area contributed by atoms with Crippen molar-refractivity contribution in [3.05, 3.63) is 58.1 Å². The van der Waals surface area contributed by atoms with E-state index in [4.69, 9.17) is 4.74 Å². The van der Waals surface area contributed by atoms with Crippen molar-refractivity contribution >= 4 is 27.5 Å². The van der Waals surface area contributed by atoms with E-state index in [1.165, 1.54) is 24.0 Å². The molecular formula is C21H26BrNO2. The Morgan fingerprint density at radius 2 is 1.96 bits per heavy atom. The maximum atomic E-state index is 12.4. The van der Waals surface area contributed by atoms with Crippen molar-refractivity contribution in [3.8, 4) is 5.75 Å². The third-order valence-corrected chi connectivity index (χ3v) is 4.76. The van der Waals surface area contributed by atoms with Crippen LogP contribution in [0.2, 0.25) is 0 Å². The molecule has 1 amide bonds. The lowest BCUT2D eigenvalue weighted by Gasteiger charge is -2.16. The molecule has 0 spiro atoms. The summed E-state index contributed by atoms with van der Waals surface area (Å²) in [5.41, 5.74) is 3.23. The molecule has 0 bridgehead atoms. The zero-order valence-corrected chi connectivity index (χ0v) is 16.7. The second kappa shape index (κ2) is 9.62. The van der Waals surface area contributed by atoms with Crippen LogP contribution in [0.25, 0.3) is 0 Å². The molecule has 0 fully saturated rings. The zero-order valence-electron chi connectivity index (χ0n) is 15.1. The van der Waals surface area contributed by atoms with E-state index < -0.39 is 6.10 Å². The molecule has 0 saturated heterocycles. The summed E-state index contributed by atoms with van der Waals surface area (Å²) in [4.78, 5) is 12.4. The van der Waals surface area contributed by atoms with Gasteiger partial charge in [0.05, 0.1) is 5.69 Å². The molecule has 0 aliphatic rings. The van der Waals surface area contributed by atoms with Crippen molar-refractivity contribution in [2.24, 2.45) is 0 Å². The number of rotatable bonds is 8. The van der Waals surface area contributed by atoms with Gasteiger partial charge in [0.1, 0.15) is 5.75 Å². The van der Waals surface area contributed by atoms with Crippen molar-refractivity contribution in [2.45, 2.75) is 52.6 Å². The summed E-state index contributed by atoms with van der Waals surface area (Å²) in [5.74, 6) is 0.555. The summed E-state index contributed by atoms with van der Waals surface area (Å²) in [6.07, 6.45) is 3.76. The first kappa shape index (κ1) is 19.5. The van der Waals surface area contributed by atoms with Gasteiger partial charge in [-0.3, -0.25) is 4.79 Å². The van der Waals surface area contributed by atoms with Gasteiger partial charge >= 0.3 is 0 Å². The van der Waals surface area contributed by atoms with Gasteiger partial charge in [-0.2, -0.15) is 0 Å². The van der Waals surface area contributed by atoms with Crippen LogP contribution in [0, 0.1) is 0 Å². The molecule has 4 heteroatoms. The van der Waals surface area contributed by atoms with Crippen LogP contribution in [-0.4, -0.2) is 12.0 Å². The second-order valence-electron chi connectivity index (χ2n) is 6.17. The van der Waals surface area contributed by atoms with E-state index in [2.05, 4.69) is 53.3 Å². The smallest absolute Gasteiger partial charge is 0.265 e. The maximum absolute atomic E-state index is 12.4. The predicted molar refractivity (Wildman–Crippen MR) is 107 cm³/mol. The number of anilines is 1. The molecule has 2 aromatic carbocycles. The van der Waals surface area contributed by atoms with E-state index in [0.717, 1.165) is 28.8 Å². The number of carbonyl (C=O) groups excluding carboxylic acids is 1. The number of hydrogen-bond acceptors (Lipinski definition) is 2. The van der Waals surface area contributed by atoms with E-state index in [0.29, 0.717) is 0 Å². The Balaban J connectivity index is 1.98. The van der Waals surface area contributed by atoms with Gasteiger partial charge in [-0.05, 0) is 77.5 Å². The Labute approximate surface area is 158 Å². The summed E-state index contributed by atoms with van der Waals surface area (Å²) in [6, 6.07) is 13.9. The van der Waals surface area contributed by atoms with Crippen LogP contribution in [0.3, 0.4) is 0 Å². The number of carbonyl (C=O) groups is 1. The highest BCUT2D eigenvalue weighted by Gasteiger charge is 2.16. The van der Waals surface area contributed by atoms with Gasteiger partial charge in [0, 0.05) is 4.47 Å². The number of amides is 1. The number of hydrogen-bond donors (Lipinski definition) is 1. The first-order chi connectivity index (χ1) is 12.0. The predicted octanol–water partition coefficient (Wildman–Crippen LogP) is 5.76. The van der Waals surface area contributed by atoms with Gasteiger partial charge in [-0.1, -0.05) is 38.5 Å². The molecule has 1 N–H and O–H groups in total. The molecule has 2 aromatic rings. The van der Waals surface area contributed by atoms with Crippen LogP contribution < -0.4 is 10.1 Å². The highest BCUT2D eigenvalue weighted by molar-refractivity contribution is 9.10. The average molecular weight is 404 g/mol. The van der Waals surface area contributed by atoms with Crippen LogP contribution in [0.5, 0.6) is 5.75 Å². The Kier molecular flexibility index (Phi) is 7.51. The Morgan fingerprint density at radius 1 is 1.16 bits per heavy atom. The third kappa shape index (κ3) is 5.89. The van der Waals surface area contributed by atoms with Gasteiger partial charge < -0.3 is 10.1 Å². The van der Waals surface area contributed by atoms with Crippen molar-refractivity contribution in [2.75, 3.05) is 5.32 Å². The fraction of sp³-hybridized carbons (Fsp3) is 0.381. The normalized spacial score (nSPS) is 11.8. The van der Waals surface area contributed by atoms with Gasteiger partial charge in [0.15, 0.2) is 6.10 Å². The SMILES string of the molecule is CCCCc1ccc(NC(=O)C(C)Oc2cccc(CC)c2)c(Br)c1. The standard InChI is InChI=1S/C21H26BrNO2/c1-4-6-8-17-11-12-20(19(22)14-17)23-21(24)15(3)25-18-10-7-9-16(5-2)13-18/h7,9-15H,4-6,8H2,1-3H3,(H,23,24). The Bertz CT molecular complexity index is 715. The lowest BCUT2D eigenvalue weighted by molar-refractivity contribution is -0.122. The second-order valence-corrected chi connectivity index (χ2v) is 7.02. The van der Waals surface area contributed by atoms with E-state index in [9.17, 15) is 4.79 Å². The van der Waals surface area contributed by atoms with Crippen molar-refractivity contribution in [3.63, 3.8) is 0 Å². The molecule has 25 heavy (non-hydrogen) atoms. The van der Waals surface area contributed by atoms with Crippen LogP contribution in [0.4, 0.5) is 5.69 Å². The highest BCUT2D eigenvalue weighted by atomic mass is 79.9. The number of unbranched alkanes of at least 4 members (excludes halogenated alkanes) is 1. The minimum atomic E-state index is -0.571. The summed E-state index contributed by atoms with van der Waals surface area (Å²) < 4.78 is 6.68. The first-order valence-corrected chi connectivity index (χ1v) is 9.67. The summed E-state index contributed by atoms with van der Waals surface area (Å²) in [7, 11) is 0. The molecule has 3 nitrogen and oxygen atoms in total. The Morgan fingerprint density at radius 3 is 2.64 bits per heavy atom. The van der Waals surface area contributed by atoms with E-state index >= 15 is 0 Å². The zero-order chi connectivity index (χ0) is 18.2. The highest BCUT2D eigenvalue weighted by Crippen LogP contribution is 2.25. The van der Waals surface area contributed by atoms with Crippen LogP contribution in [-0.2, 0) is 17.6 Å². The number of benzene rings is 2. The van der Waals surface area contributed by atoms with E-state index in [1.54, 1.807) is 6.92 Å². The van der Waals surface area contributed by atoms with E-state index in [1.807, 2.05) is 24.3 Å². The lowest BCUT2D eigenvalue weighted by atomic mass is 10.1. The number of nitrogens with one attached hydrogen (secondary N) is 1. The largest absolute Gasteiger partial charge is 0.481 e. The summed E-state index contributed by atoms with van der Waals surface area (Å²) in [5, 5.41) is 2.93. The van der Waals surface area contributed by atoms with Crippen LogP contribution in [0.1, 0.15) is 44.7 Å². The molecule has 0 heterocycles. The molecule has 0 radical (unpaired) electrons. The van der Waals surface area contributed by atoms with Crippen molar-refractivity contribution in [1.29, 1.82) is 0 Å². The minimum Gasteiger partial charge on any atom is -0.481 e. The molecular weight excluding hydrogens is 378 g/mol. The van der Waals surface area contributed by atoms with Gasteiger partial charge in [-0.15, -0.1) is 0 Å². The Hall–Kier alpha value is -1.81. The summed E-state index contributed by atoms with van der Waals surface area (Å²) >= 11 is 3.55. The molecule has 0 aliphatic heterocycles. The molecule has 134 valence electrons. The average Bonchev–Trinajstić information content (AvgIpc) is 2.62. The van der Waals surface area contributed by atoms with E-state index in [-0.39, 0.29) is 5.91 Å². The lowest BCUT2D eigenvalue weighted by Crippen LogP contribution is -2.30. The fourth-order valence-corrected chi connectivity index (χ4v) is 3.05. The molecule has 1 unspecified atom stereocenters. The number of halogens is 1. The van der Waals surface area contributed by atoms with Crippen LogP contribution in [0.15, 0.2) is 46.9 Å². The van der Waals surface area contributed by atoms with Crippen molar-refractivity contribution < 1.29 is 9.53 Å². The van der Waals surface area contributed by atoms with Gasteiger partial charge in [-0.25, -0.2) is 0 Å². The minimum absolute atomic E-state index is 0.163. The summed E-state index contributed by atoms with van der Waals surface area (Å²) in [6.45, 7) is 6.04. The topological polar surface area (TPSA) is 38.3 Å². The number of ether oxygens (including phenoxy) is 1. The molecule has 0 aliphatic carbocycles. The maximum Gasteiger partial charge on any atom is 0.265 e. The molecule has 0 aromatic heterocycles. The molecule has 0 saturated carbocycles. The quantitative estimate of drug-likeness (QED) is 0.608. The van der Waals surface area contributed by atoms with Crippen LogP contribution >= 0.6 is 15.9 Å². The monoisotopic (exact) mass is 403 g/mol.